The molecular weight excluding hydrogens is 360 g/mol. The number of thiophene rings is 1. The van der Waals surface area contributed by atoms with Crippen LogP contribution in [0, 0.1) is 11.6 Å². The SMILES string of the molecule is CC(C)NCc1ccc(COc2cc(Br)cc(F)c2F)s1. The van der Waals surface area contributed by atoms with Crippen LogP contribution in [0.15, 0.2) is 28.7 Å². The van der Waals surface area contributed by atoms with Crippen molar-refractivity contribution in [3.8, 4) is 5.75 Å². The molecule has 21 heavy (non-hydrogen) atoms. The molecule has 0 saturated carbocycles. The lowest BCUT2D eigenvalue weighted by Crippen LogP contribution is -2.21. The third-order valence-corrected chi connectivity index (χ3v) is 4.25. The first kappa shape index (κ1) is 16.4. The Morgan fingerprint density at radius 2 is 1.95 bits per heavy atom. The first-order chi connectivity index (χ1) is 9.95. The summed E-state index contributed by atoms with van der Waals surface area (Å²) in [6.07, 6.45) is 0. The highest BCUT2D eigenvalue weighted by Gasteiger charge is 2.12. The predicted molar refractivity (Wildman–Crippen MR) is 84.7 cm³/mol. The highest BCUT2D eigenvalue weighted by Crippen LogP contribution is 2.27. The van der Waals surface area contributed by atoms with Crippen molar-refractivity contribution >= 4 is 27.3 Å². The molecule has 0 unspecified atom stereocenters. The fourth-order valence-electron chi connectivity index (χ4n) is 1.69. The fourth-order valence-corrected chi connectivity index (χ4v) is 2.98. The van der Waals surface area contributed by atoms with E-state index >= 15 is 0 Å². The number of rotatable bonds is 6. The summed E-state index contributed by atoms with van der Waals surface area (Å²) in [5.41, 5.74) is 0. The second kappa shape index (κ2) is 7.33. The number of ether oxygens (including phenoxy) is 1. The van der Waals surface area contributed by atoms with Crippen molar-refractivity contribution < 1.29 is 13.5 Å². The topological polar surface area (TPSA) is 21.3 Å². The van der Waals surface area contributed by atoms with Crippen LogP contribution in [0.3, 0.4) is 0 Å². The monoisotopic (exact) mass is 375 g/mol. The van der Waals surface area contributed by atoms with E-state index in [0.717, 1.165) is 17.5 Å². The van der Waals surface area contributed by atoms with Crippen LogP contribution in [0.2, 0.25) is 0 Å². The van der Waals surface area contributed by atoms with E-state index in [2.05, 4.69) is 35.1 Å². The molecule has 0 radical (unpaired) electrons. The van der Waals surface area contributed by atoms with E-state index in [4.69, 9.17) is 4.74 Å². The lowest BCUT2D eigenvalue weighted by molar-refractivity contribution is 0.287. The first-order valence-corrected chi connectivity index (χ1v) is 8.15. The van der Waals surface area contributed by atoms with Crippen molar-refractivity contribution in [2.24, 2.45) is 0 Å². The van der Waals surface area contributed by atoms with E-state index in [1.54, 1.807) is 11.3 Å². The molecule has 1 aromatic carbocycles. The Balaban J connectivity index is 1.97. The molecule has 1 N–H and O–H groups in total. The van der Waals surface area contributed by atoms with Crippen molar-refractivity contribution in [1.82, 2.24) is 5.32 Å². The van der Waals surface area contributed by atoms with Crippen molar-refractivity contribution in [3.05, 3.63) is 50.1 Å². The van der Waals surface area contributed by atoms with E-state index in [-0.39, 0.29) is 12.4 Å². The van der Waals surface area contributed by atoms with Gasteiger partial charge in [-0.2, -0.15) is 4.39 Å². The minimum absolute atomic E-state index is 0.0860. The zero-order chi connectivity index (χ0) is 15.4. The van der Waals surface area contributed by atoms with E-state index in [0.29, 0.717) is 10.5 Å². The molecule has 2 rings (SSSR count). The molecule has 2 nitrogen and oxygen atoms in total. The number of benzene rings is 1. The first-order valence-electron chi connectivity index (χ1n) is 6.54. The molecule has 1 heterocycles. The van der Waals surface area contributed by atoms with Crippen LogP contribution in [0.4, 0.5) is 8.78 Å². The Hall–Kier alpha value is -0.980. The highest BCUT2D eigenvalue weighted by atomic mass is 79.9. The van der Waals surface area contributed by atoms with Gasteiger partial charge in [-0.3, -0.25) is 0 Å². The van der Waals surface area contributed by atoms with Gasteiger partial charge < -0.3 is 10.1 Å². The Kier molecular flexibility index (Phi) is 5.72. The Morgan fingerprint density at radius 3 is 2.67 bits per heavy atom. The van der Waals surface area contributed by atoms with E-state index < -0.39 is 11.6 Å². The summed E-state index contributed by atoms with van der Waals surface area (Å²) in [5.74, 6) is -1.97. The molecule has 0 bridgehead atoms. The van der Waals surface area contributed by atoms with Crippen LogP contribution in [0.1, 0.15) is 23.6 Å². The number of nitrogens with one attached hydrogen (secondary N) is 1. The summed E-state index contributed by atoms with van der Waals surface area (Å²) in [4.78, 5) is 2.15. The normalized spacial score (nSPS) is 11.1. The van der Waals surface area contributed by atoms with Gasteiger partial charge in [-0.1, -0.05) is 29.8 Å². The van der Waals surface area contributed by atoms with Gasteiger partial charge in [0.15, 0.2) is 11.6 Å². The minimum atomic E-state index is -0.962. The van der Waals surface area contributed by atoms with Crippen LogP contribution in [-0.4, -0.2) is 6.04 Å². The second-order valence-corrected chi connectivity index (χ2v) is 7.06. The van der Waals surface area contributed by atoms with E-state index in [9.17, 15) is 8.78 Å². The van der Waals surface area contributed by atoms with Crippen LogP contribution in [0.5, 0.6) is 5.75 Å². The number of hydrogen-bond donors (Lipinski definition) is 1. The molecule has 0 aliphatic heterocycles. The molecule has 0 aliphatic carbocycles. The average molecular weight is 376 g/mol. The van der Waals surface area contributed by atoms with Crippen molar-refractivity contribution in [3.63, 3.8) is 0 Å². The third kappa shape index (κ3) is 4.76. The lowest BCUT2D eigenvalue weighted by Gasteiger charge is -2.07. The van der Waals surface area contributed by atoms with Gasteiger partial charge in [0, 0.05) is 26.8 Å². The number of hydrogen-bond acceptors (Lipinski definition) is 3. The molecule has 0 amide bonds. The Morgan fingerprint density at radius 1 is 1.24 bits per heavy atom. The maximum atomic E-state index is 13.6. The molecule has 0 atom stereocenters. The molecule has 6 heteroatoms. The molecule has 114 valence electrons. The zero-order valence-electron chi connectivity index (χ0n) is 11.8. The molecule has 2 aromatic rings. The van der Waals surface area contributed by atoms with Crippen LogP contribution >= 0.6 is 27.3 Å². The van der Waals surface area contributed by atoms with E-state index in [1.807, 2.05) is 12.1 Å². The summed E-state index contributed by atoms with van der Waals surface area (Å²) in [5, 5.41) is 3.33. The minimum Gasteiger partial charge on any atom is -0.485 e. The summed E-state index contributed by atoms with van der Waals surface area (Å²) < 4.78 is 32.6. The summed E-state index contributed by atoms with van der Waals surface area (Å²) >= 11 is 4.71. The quantitative estimate of drug-likeness (QED) is 0.727. The fraction of sp³-hybridized carbons (Fsp3) is 0.333. The van der Waals surface area contributed by atoms with Gasteiger partial charge in [0.1, 0.15) is 6.61 Å². The maximum Gasteiger partial charge on any atom is 0.200 e. The molecule has 0 saturated heterocycles. The maximum absolute atomic E-state index is 13.6. The smallest absolute Gasteiger partial charge is 0.200 e. The molecular formula is C15H16BrF2NOS. The van der Waals surface area contributed by atoms with Gasteiger partial charge in [-0.05, 0) is 24.3 Å². The summed E-state index contributed by atoms with van der Waals surface area (Å²) in [6, 6.07) is 6.87. The van der Waals surface area contributed by atoms with Gasteiger partial charge in [0.25, 0.3) is 0 Å². The Bertz CT molecular complexity index is 616. The molecule has 0 fully saturated rings. The summed E-state index contributed by atoms with van der Waals surface area (Å²) in [7, 11) is 0. The van der Waals surface area contributed by atoms with Gasteiger partial charge in [-0.25, -0.2) is 4.39 Å². The van der Waals surface area contributed by atoms with Crippen molar-refractivity contribution in [1.29, 1.82) is 0 Å². The zero-order valence-corrected chi connectivity index (χ0v) is 14.2. The van der Waals surface area contributed by atoms with Crippen molar-refractivity contribution in [2.75, 3.05) is 0 Å². The van der Waals surface area contributed by atoms with Gasteiger partial charge >= 0.3 is 0 Å². The average Bonchev–Trinajstić information content (AvgIpc) is 2.87. The highest BCUT2D eigenvalue weighted by molar-refractivity contribution is 9.10. The van der Waals surface area contributed by atoms with Gasteiger partial charge in [-0.15, -0.1) is 11.3 Å². The lowest BCUT2D eigenvalue weighted by atomic mass is 10.3. The molecule has 1 aromatic heterocycles. The van der Waals surface area contributed by atoms with Crippen LogP contribution in [-0.2, 0) is 13.2 Å². The molecule has 0 spiro atoms. The largest absolute Gasteiger partial charge is 0.485 e. The van der Waals surface area contributed by atoms with Crippen molar-refractivity contribution in [2.45, 2.75) is 33.0 Å². The Labute approximate surface area is 135 Å². The third-order valence-electron chi connectivity index (χ3n) is 2.73. The van der Waals surface area contributed by atoms with Crippen LogP contribution in [0.25, 0.3) is 0 Å². The summed E-state index contributed by atoms with van der Waals surface area (Å²) in [6.45, 7) is 5.19. The van der Waals surface area contributed by atoms with Gasteiger partial charge in [0.2, 0.25) is 5.82 Å². The number of halogens is 3. The van der Waals surface area contributed by atoms with Crippen LogP contribution < -0.4 is 10.1 Å². The molecule has 0 aliphatic rings. The van der Waals surface area contributed by atoms with E-state index in [1.165, 1.54) is 10.9 Å². The second-order valence-electron chi connectivity index (χ2n) is 4.89. The predicted octanol–water partition coefficient (Wildman–Crippen LogP) is 4.87. The standard InChI is InChI=1S/C15H16BrF2NOS/c1-9(2)19-7-11-3-4-12(21-11)8-20-14-6-10(16)5-13(17)15(14)18/h3-6,9,19H,7-8H2,1-2H3. The van der Waals surface area contributed by atoms with Gasteiger partial charge in [0.05, 0.1) is 0 Å².